The quantitative estimate of drug-likeness (QED) is 0.898. The molecule has 0 saturated heterocycles. The van der Waals surface area contributed by atoms with Gasteiger partial charge in [0.05, 0.1) is 11.6 Å². The summed E-state index contributed by atoms with van der Waals surface area (Å²) in [6, 6.07) is 3.79. The zero-order valence-electron chi connectivity index (χ0n) is 11.1. The third kappa shape index (κ3) is 2.56. The number of aryl methyl sites for hydroxylation is 1. The van der Waals surface area contributed by atoms with Crippen LogP contribution >= 0.6 is 34.5 Å². The van der Waals surface area contributed by atoms with E-state index >= 15 is 0 Å². The van der Waals surface area contributed by atoms with Gasteiger partial charge in [0.1, 0.15) is 5.75 Å². The van der Waals surface area contributed by atoms with Crippen molar-refractivity contribution in [3.8, 4) is 5.75 Å². The van der Waals surface area contributed by atoms with Crippen LogP contribution in [0.1, 0.15) is 27.6 Å². The maximum absolute atomic E-state index is 6.31. The minimum Gasteiger partial charge on any atom is -0.493 e. The number of ether oxygens (including phenoxy) is 1. The highest BCUT2D eigenvalue weighted by Crippen LogP contribution is 2.37. The largest absolute Gasteiger partial charge is 0.493 e. The van der Waals surface area contributed by atoms with Crippen LogP contribution in [-0.4, -0.2) is 6.61 Å². The van der Waals surface area contributed by atoms with E-state index in [1.54, 1.807) is 11.3 Å². The van der Waals surface area contributed by atoms with Gasteiger partial charge in [-0.15, -0.1) is 11.3 Å². The van der Waals surface area contributed by atoms with Crippen molar-refractivity contribution in [1.29, 1.82) is 0 Å². The van der Waals surface area contributed by atoms with Crippen LogP contribution in [0.2, 0.25) is 10.0 Å². The first-order valence-corrected chi connectivity index (χ1v) is 8.13. The molecule has 20 heavy (non-hydrogen) atoms. The highest BCUT2D eigenvalue weighted by atomic mass is 35.5. The standard InChI is InChI=1S/C15H15Cl2NOS/c1-8-7-20-15(13(8)17)12(18)6-10-5-11(16)4-9-2-3-19-14(9)10/h4-5,7,12H,2-3,6,18H2,1H3. The first-order valence-electron chi connectivity index (χ1n) is 6.49. The molecular formula is C15H15Cl2NOS. The second-order valence-electron chi connectivity index (χ2n) is 5.06. The lowest BCUT2D eigenvalue weighted by Crippen LogP contribution is -2.13. The summed E-state index contributed by atoms with van der Waals surface area (Å²) in [5.41, 5.74) is 9.63. The summed E-state index contributed by atoms with van der Waals surface area (Å²) in [7, 11) is 0. The van der Waals surface area contributed by atoms with Gasteiger partial charge in [0.2, 0.25) is 0 Å². The van der Waals surface area contributed by atoms with Crippen LogP contribution in [0.5, 0.6) is 5.75 Å². The van der Waals surface area contributed by atoms with Crippen molar-refractivity contribution in [2.24, 2.45) is 5.73 Å². The maximum atomic E-state index is 6.31. The molecule has 1 aromatic carbocycles. The maximum Gasteiger partial charge on any atom is 0.125 e. The van der Waals surface area contributed by atoms with Gasteiger partial charge in [0.15, 0.2) is 0 Å². The molecule has 3 rings (SSSR count). The van der Waals surface area contributed by atoms with E-state index in [0.717, 1.165) is 44.8 Å². The smallest absolute Gasteiger partial charge is 0.125 e. The fourth-order valence-corrected chi connectivity index (χ4v) is 4.13. The zero-order valence-corrected chi connectivity index (χ0v) is 13.4. The molecule has 1 aliphatic heterocycles. The highest BCUT2D eigenvalue weighted by molar-refractivity contribution is 7.10. The minimum absolute atomic E-state index is 0.132. The number of benzene rings is 1. The highest BCUT2D eigenvalue weighted by Gasteiger charge is 2.21. The molecule has 2 N–H and O–H groups in total. The Morgan fingerprint density at radius 1 is 1.40 bits per heavy atom. The zero-order chi connectivity index (χ0) is 14.3. The van der Waals surface area contributed by atoms with Crippen LogP contribution in [0.15, 0.2) is 17.5 Å². The van der Waals surface area contributed by atoms with E-state index in [4.69, 9.17) is 33.7 Å². The Hall–Kier alpha value is -0.740. The Balaban J connectivity index is 1.90. The number of fused-ring (bicyclic) bond motifs is 1. The molecule has 1 aliphatic rings. The van der Waals surface area contributed by atoms with Crippen molar-refractivity contribution in [3.05, 3.63) is 49.1 Å². The number of halogens is 2. The fourth-order valence-electron chi connectivity index (χ4n) is 2.53. The topological polar surface area (TPSA) is 35.2 Å². The second-order valence-corrected chi connectivity index (χ2v) is 6.78. The molecule has 0 amide bonds. The molecule has 0 bridgehead atoms. The molecule has 0 spiro atoms. The van der Waals surface area contributed by atoms with E-state index in [1.165, 1.54) is 5.56 Å². The van der Waals surface area contributed by atoms with Crippen molar-refractivity contribution in [2.75, 3.05) is 6.61 Å². The molecule has 2 heterocycles. The number of thiophene rings is 1. The van der Waals surface area contributed by atoms with Gasteiger partial charge >= 0.3 is 0 Å². The predicted octanol–water partition coefficient (Wildman–Crippen LogP) is 4.54. The van der Waals surface area contributed by atoms with E-state index in [2.05, 4.69) is 0 Å². The SMILES string of the molecule is Cc1csc(C(N)Cc2cc(Cl)cc3c2OCC3)c1Cl. The normalized spacial score (nSPS) is 15.0. The summed E-state index contributed by atoms with van der Waals surface area (Å²) < 4.78 is 5.71. The summed E-state index contributed by atoms with van der Waals surface area (Å²) in [6.45, 7) is 2.71. The summed E-state index contributed by atoms with van der Waals surface area (Å²) >= 11 is 14.1. The Kier molecular flexibility index (Phi) is 3.95. The predicted molar refractivity (Wildman–Crippen MR) is 85.3 cm³/mol. The van der Waals surface area contributed by atoms with Crippen LogP contribution < -0.4 is 10.5 Å². The molecule has 0 aliphatic carbocycles. The number of hydrogen-bond donors (Lipinski definition) is 1. The molecule has 0 fully saturated rings. The first-order chi connectivity index (χ1) is 9.56. The lowest BCUT2D eigenvalue weighted by atomic mass is 10.0. The van der Waals surface area contributed by atoms with Crippen molar-refractivity contribution in [3.63, 3.8) is 0 Å². The molecular weight excluding hydrogens is 313 g/mol. The van der Waals surface area contributed by atoms with Crippen LogP contribution in [0, 0.1) is 6.92 Å². The summed E-state index contributed by atoms with van der Waals surface area (Å²) in [4.78, 5) is 1.02. The number of rotatable bonds is 3. The van der Waals surface area contributed by atoms with E-state index in [-0.39, 0.29) is 6.04 Å². The molecule has 1 aromatic heterocycles. The van der Waals surface area contributed by atoms with Crippen molar-refractivity contribution in [2.45, 2.75) is 25.8 Å². The van der Waals surface area contributed by atoms with Crippen LogP contribution in [0.3, 0.4) is 0 Å². The molecule has 2 aromatic rings. The van der Waals surface area contributed by atoms with Gasteiger partial charge in [-0.1, -0.05) is 23.2 Å². The monoisotopic (exact) mass is 327 g/mol. The molecule has 1 atom stereocenters. The average Bonchev–Trinajstić information content (AvgIpc) is 2.97. The minimum atomic E-state index is -0.132. The Labute approximate surface area is 132 Å². The van der Waals surface area contributed by atoms with Gasteiger partial charge in [0.25, 0.3) is 0 Å². The van der Waals surface area contributed by atoms with Crippen molar-refractivity contribution < 1.29 is 4.74 Å². The van der Waals surface area contributed by atoms with Gasteiger partial charge < -0.3 is 10.5 Å². The molecule has 0 radical (unpaired) electrons. The van der Waals surface area contributed by atoms with E-state index in [9.17, 15) is 0 Å². The van der Waals surface area contributed by atoms with Crippen LogP contribution in [0.25, 0.3) is 0 Å². The second kappa shape index (κ2) is 5.57. The summed E-state index contributed by atoms with van der Waals surface area (Å²) in [5.74, 6) is 0.953. The fraction of sp³-hybridized carbons (Fsp3) is 0.333. The Morgan fingerprint density at radius 3 is 2.90 bits per heavy atom. The van der Waals surface area contributed by atoms with Gasteiger partial charge in [-0.25, -0.2) is 0 Å². The third-order valence-corrected chi connectivity index (χ3v) is 5.59. The lowest BCUT2D eigenvalue weighted by molar-refractivity contribution is 0.352. The van der Waals surface area contributed by atoms with Gasteiger partial charge in [0, 0.05) is 22.4 Å². The van der Waals surface area contributed by atoms with Gasteiger partial charge in [-0.2, -0.15) is 0 Å². The van der Waals surface area contributed by atoms with Crippen molar-refractivity contribution >= 4 is 34.5 Å². The molecule has 0 saturated carbocycles. The van der Waals surface area contributed by atoms with Gasteiger partial charge in [-0.3, -0.25) is 0 Å². The molecule has 5 heteroatoms. The van der Waals surface area contributed by atoms with Crippen LogP contribution in [-0.2, 0) is 12.8 Å². The molecule has 2 nitrogen and oxygen atoms in total. The van der Waals surface area contributed by atoms with Gasteiger partial charge in [-0.05, 0) is 47.5 Å². The summed E-state index contributed by atoms with van der Waals surface area (Å²) in [5, 5.41) is 3.56. The average molecular weight is 328 g/mol. The van der Waals surface area contributed by atoms with Crippen molar-refractivity contribution in [1.82, 2.24) is 0 Å². The Bertz CT molecular complexity index is 654. The number of nitrogens with two attached hydrogens (primary N) is 1. The molecule has 106 valence electrons. The van der Waals surface area contributed by atoms with E-state index in [0.29, 0.717) is 6.42 Å². The lowest BCUT2D eigenvalue weighted by Gasteiger charge is -2.14. The molecule has 1 unspecified atom stereocenters. The Morgan fingerprint density at radius 2 is 2.20 bits per heavy atom. The van der Waals surface area contributed by atoms with E-state index in [1.807, 2.05) is 24.4 Å². The van der Waals surface area contributed by atoms with Crippen LogP contribution in [0.4, 0.5) is 0 Å². The number of hydrogen-bond acceptors (Lipinski definition) is 3. The first kappa shape index (κ1) is 14.2. The van der Waals surface area contributed by atoms with E-state index < -0.39 is 0 Å². The third-order valence-electron chi connectivity index (χ3n) is 3.53. The summed E-state index contributed by atoms with van der Waals surface area (Å²) in [6.07, 6.45) is 1.60.